The lowest BCUT2D eigenvalue weighted by Gasteiger charge is -2.28. The molecular formula is C29H38N4O8. The summed E-state index contributed by atoms with van der Waals surface area (Å²) in [5.41, 5.74) is 4.63. The number of urea groups is 1. The van der Waals surface area contributed by atoms with Crippen LogP contribution in [0.5, 0.6) is 23.0 Å². The molecule has 3 rings (SSSR count). The van der Waals surface area contributed by atoms with E-state index in [2.05, 4.69) is 21.2 Å². The maximum Gasteiger partial charge on any atom is 0.337 e. The first-order valence-electron chi connectivity index (χ1n) is 13.3. The van der Waals surface area contributed by atoms with Crippen molar-refractivity contribution in [1.29, 1.82) is 0 Å². The molecule has 3 atom stereocenters. The van der Waals surface area contributed by atoms with Crippen molar-refractivity contribution in [2.24, 2.45) is 5.10 Å². The van der Waals surface area contributed by atoms with Gasteiger partial charge in [-0.05, 0) is 68.7 Å². The average molecular weight is 571 g/mol. The second kappa shape index (κ2) is 14.8. The Bertz CT molecular complexity index is 1280. The molecule has 0 spiro atoms. The summed E-state index contributed by atoms with van der Waals surface area (Å²) in [6.45, 7) is 7.67. The minimum absolute atomic E-state index is 0.0588. The minimum atomic E-state index is -1.13. The summed E-state index contributed by atoms with van der Waals surface area (Å²) in [6.07, 6.45) is 1.34. The van der Waals surface area contributed by atoms with Crippen LogP contribution in [0.15, 0.2) is 52.8 Å². The van der Waals surface area contributed by atoms with Crippen LogP contribution in [0, 0.1) is 0 Å². The number of aliphatic hydroxyl groups excluding tert-OH is 1. The number of amides is 2. The summed E-state index contributed by atoms with van der Waals surface area (Å²) in [7, 11) is 2.85. The normalized spacial score (nSPS) is 16.4. The van der Waals surface area contributed by atoms with Crippen LogP contribution in [-0.2, 0) is 9.53 Å². The van der Waals surface area contributed by atoms with Crippen molar-refractivity contribution in [1.82, 2.24) is 16.1 Å². The first kappa shape index (κ1) is 31.1. The van der Waals surface area contributed by atoms with Gasteiger partial charge in [-0.3, -0.25) is 5.43 Å². The summed E-state index contributed by atoms with van der Waals surface area (Å²) < 4.78 is 27.7. The van der Waals surface area contributed by atoms with Gasteiger partial charge in [0.25, 0.3) is 0 Å². The van der Waals surface area contributed by atoms with E-state index in [1.54, 1.807) is 44.5 Å². The lowest BCUT2D eigenvalue weighted by molar-refractivity contribution is -0.136. The molecule has 2 aromatic carbocycles. The molecule has 0 radical (unpaired) electrons. The fourth-order valence-electron chi connectivity index (χ4n) is 3.98. The zero-order valence-electron chi connectivity index (χ0n) is 24.1. The number of methoxy groups -OCH3 is 2. The number of hydrogen-bond donors (Lipinski definition) is 4. The fraction of sp³-hybridized carbons (Fsp3) is 0.414. The SMILES string of the molecule is CCOc1cc([C@@H]2NC(=O)NC(C)=C2C(=O)OC)ccc1OC[C@H](O)N/N=C\c1ccc(O[C@@H](C)CC)c(OC)c1. The van der Waals surface area contributed by atoms with Gasteiger partial charge in [0, 0.05) is 5.70 Å². The third kappa shape index (κ3) is 8.27. The Morgan fingerprint density at radius 1 is 1.10 bits per heavy atom. The number of nitrogens with zero attached hydrogens (tertiary/aromatic N) is 1. The third-order valence-electron chi connectivity index (χ3n) is 6.20. The molecule has 2 amide bonds. The molecule has 0 unspecified atom stereocenters. The molecule has 0 saturated heterocycles. The Labute approximate surface area is 239 Å². The molecule has 1 aliphatic heterocycles. The number of nitrogens with one attached hydrogen (secondary N) is 3. The number of rotatable bonds is 14. The Morgan fingerprint density at radius 3 is 2.54 bits per heavy atom. The van der Waals surface area contributed by atoms with Crippen molar-refractivity contribution in [3.63, 3.8) is 0 Å². The molecule has 0 aromatic heterocycles. The van der Waals surface area contributed by atoms with Crippen LogP contribution in [0.2, 0.25) is 0 Å². The number of carbonyl (C=O) groups excluding carboxylic acids is 2. The molecule has 0 bridgehead atoms. The summed E-state index contributed by atoms with van der Waals surface area (Å²) in [5, 5.41) is 19.8. The zero-order chi connectivity index (χ0) is 29.9. The first-order chi connectivity index (χ1) is 19.7. The zero-order valence-corrected chi connectivity index (χ0v) is 24.1. The van der Waals surface area contributed by atoms with E-state index < -0.39 is 24.3 Å². The van der Waals surface area contributed by atoms with Crippen LogP contribution < -0.4 is 35.0 Å². The number of hydrogen-bond acceptors (Lipinski definition) is 10. The van der Waals surface area contributed by atoms with Crippen molar-refractivity contribution in [2.45, 2.75) is 52.5 Å². The molecule has 12 nitrogen and oxygen atoms in total. The number of benzene rings is 2. The second-order valence-corrected chi connectivity index (χ2v) is 9.16. The summed E-state index contributed by atoms with van der Waals surface area (Å²) >= 11 is 0. The van der Waals surface area contributed by atoms with Crippen molar-refractivity contribution in [2.75, 3.05) is 27.4 Å². The molecule has 41 heavy (non-hydrogen) atoms. The van der Waals surface area contributed by atoms with Gasteiger partial charge in [-0.2, -0.15) is 5.10 Å². The van der Waals surface area contributed by atoms with E-state index in [1.807, 2.05) is 32.9 Å². The topological polar surface area (TPSA) is 149 Å². The number of aliphatic hydroxyl groups is 1. The highest BCUT2D eigenvalue weighted by Gasteiger charge is 2.32. The molecule has 0 saturated carbocycles. The molecule has 1 aliphatic rings. The maximum atomic E-state index is 12.4. The summed E-state index contributed by atoms with van der Waals surface area (Å²) in [4.78, 5) is 24.5. The lowest BCUT2D eigenvalue weighted by atomic mass is 9.95. The monoisotopic (exact) mass is 570 g/mol. The third-order valence-corrected chi connectivity index (χ3v) is 6.20. The standard InChI is InChI=1S/C29H38N4O8/c1-7-17(3)41-22-11-9-19(13-23(22)37-5)15-30-33-25(34)16-40-21-12-10-20(14-24(21)39-8-2)27-26(28(35)38-6)18(4)31-29(36)32-27/h9-15,17,25,27,33-34H,7-8,16H2,1-6H3,(H2,31,32,36)/b30-15-/t17-,25-,27-/m0/s1. The predicted octanol–water partition coefficient (Wildman–Crippen LogP) is 3.39. The highest BCUT2D eigenvalue weighted by atomic mass is 16.5. The maximum absolute atomic E-state index is 12.4. The summed E-state index contributed by atoms with van der Waals surface area (Å²) in [5.74, 6) is 1.40. The largest absolute Gasteiger partial charge is 0.493 e. The Morgan fingerprint density at radius 2 is 1.85 bits per heavy atom. The van der Waals surface area contributed by atoms with Crippen molar-refractivity contribution >= 4 is 18.2 Å². The molecular weight excluding hydrogens is 532 g/mol. The van der Waals surface area contributed by atoms with Crippen LogP contribution in [0.1, 0.15) is 51.3 Å². The van der Waals surface area contributed by atoms with Gasteiger partial charge >= 0.3 is 12.0 Å². The van der Waals surface area contributed by atoms with Gasteiger partial charge in [-0.1, -0.05) is 13.0 Å². The molecule has 1 heterocycles. The average Bonchev–Trinajstić information content (AvgIpc) is 2.96. The quantitative estimate of drug-likeness (QED) is 0.116. The van der Waals surface area contributed by atoms with Gasteiger partial charge in [-0.25, -0.2) is 9.59 Å². The van der Waals surface area contributed by atoms with Crippen LogP contribution in [-0.4, -0.2) is 63.1 Å². The van der Waals surface area contributed by atoms with Gasteiger partial charge in [0.2, 0.25) is 0 Å². The predicted molar refractivity (Wildman–Crippen MR) is 152 cm³/mol. The van der Waals surface area contributed by atoms with Crippen LogP contribution in [0.3, 0.4) is 0 Å². The van der Waals surface area contributed by atoms with Crippen LogP contribution >= 0.6 is 0 Å². The van der Waals surface area contributed by atoms with E-state index in [1.165, 1.54) is 7.11 Å². The minimum Gasteiger partial charge on any atom is -0.493 e. The summed E-state index contributed by atoms with van der Waals surface area (Å²) in [6, 6.07) is 9.25. The van der Waals surface area contributed by atoms with E-state index in [0.29, 0.717) is 40.9 Å². The Kier molecular flexibility index (Phi) is 11.2. The van der Waals surface area contributed by atoms with Crippen LogP contribution in [0.4, 0.5) is 4.79 Å². The van der Waals surface area contributed by atoms with Crippen molar-refractivity contribution < 1.29 is 38.4 Å². The Balaban J connectivity index is 1.66. The van der Waals surface area contributed by atoms with Crippen molar-refractivity contribution in [3.8, 4) is 23.0 Å². The molecule has 4 N–H and O–H groups in total. The number of allylic oxidation sites excluding steroid dienone is 1. The number of ether oxygens (including phenoxy) is 5. The molecule has 222 valence electrons. The van der Waals surface area contributed by atoms with E-state index >= 15 is 0 Å². The van der Waals surface area contributed by atoms with Gasteiger partial charge in [0.05, 0.1) is 44.8 Å². The molecule has 0 aliphatic carbocycles. The number of hydrazone groups is 1. The van der Waals surface area contributed by atoms with E-state index in [9.17, 15) is 14.7 Å². The van der Waals surface area contributed by atoms with Gasteiger partial charge < -0.3 is 39.4 Å². The fourth-order valence-corrected chi connectivity index (χ4v) is 3.98. The molecule has 0 fully saturated rings. The van der Waals surface area contributed by atoms with E-state index in [4.69, 9.17) is 23.7 Å². The lowest BCUT2D eigenvalue weighted by Crippen LogP contribution is -2.45. The number of carbonyl (C=O) groups is 2. The van der Waals surface area contributed by atoms with Gasteiger partial charge in [0.1, 0.15) is 6.61 Å². The highest BCUT2D eigenvalue weighted by Crippen LogP contribution is 2.35. The highest BCUT2D eigenvalue weighted by molar-refractivity contribution is 5.95. The first-order valence-corrected chi connectivity index (χ1v) is 13.3. The Hall–Kier alpha value is -4.45. The van der Waals surface area contributed by atoms with E-state index in [0.717, 1.165) is 12.0 Å². The molecule has 12 heteroatoms. The van der Waals surface area contributed by atoms with Gasteiger partial charge in [-0.15, -0.1) is 0 Å². The number of esters is 1. The second-order valence-electron chi connectivity index (χ2n) is 9.16. The van der Waals surface area contributed by atoms with Crippen molar-refractivity contribution in [3.05, 3.63) is 58.8 Å². The van der Waals surface area contributed by atoms with E-state index in [-0.39, 0.29) is 18.3 Å². The van der Waals surface area contributed by atoms with Gasteiger partial charge in [0.15, 0.2) is 29.2 Å². The molecule has 2 aromatic rings. The smallest absolute Gasteiger partial charge is 0.337 e. The van der Waals surface area contributed by atoms with Crippen LogP contribution in [0.25, 0.3) is 0 Å².